The normalized spacial score (nSPS) is 14.4. The van der Waals surface area contributed by atoms with Gasteiger partial charge >= 0.3 is 0 Å². The lowest BCUT2D eigenvalue weighted by Crippen LogP contribution is -2.12. The van der Waals surface area contributed by atoms with Crippen LogP contribution in [0, 0.1) is 0 Å². The monoisotopic (exact) mass is 247 g/mol. The summed E-state index contributed by atoms with van der Waals surface area (Å²) in [6, 6.07) is 9.26. The van der Waals surface area contributed by atoms with Crippen LogP contribution >= 0.6 is 0 Å². The van der Waals surface area contributed by atoms with Gasteiger partial charge in [0.05, 0.1) is 0 Å². The molecule has 0 spiro atoms. The Morgan fingerprint density at radius 1 is 1.33 bits per heavy atom. The molecule has 0 saturated carbocycles. The average molecular weight is 247 g/mol. The number of methoxy groups -OCH3 is 1. The van der Waals surface area contributed by atoms with Crippen LogP contribution in [0.1, 0.15) is 42.8 Å². The summed E-state index contributed by atoms with van der Waals surface area (Å²) in [6.07, 6.45) is 0.640. The summed E-state index contributed by atoms with van der Waals surface area (Å²) in [4.78, 5) is 4.30. The number of ether oxygens (including phenoxy) is 1. The maximum absolute atomic E-state index is 6.08. The lowest BCUT2D eigenvalue weighted by Gasteiger charge is -2.07. The van der Waals surface area contributed by atoms with E-state index in [4.69, 9.17) is 15.0 Å². The molecule has 0 aliphatic heterocycles. The standard InChI is InChI=1S/C13H17N3O2/c1-3-10(17-2)12-15-13(18-16-12)11(14)9-7-5-4-6-8-9/h4-8,10-11H,3,14H2,1-2H3/t10?,11-/m1/s1. The summed E-state index contributed by atoms with van der Waals surface area (Å²) in [5.41, 5.74) is 7.02. The lowest BCUT2D eigenvalue weighted by molar-refractivity contribution is 0.0903. The molecule has 0 radical (unpaired) electrons. The van der Waals surface area contributed by atoms with Gasteiger partial charge in [-0.3, -0.25) is 0 Å². The van der Waals surface area contributed by atoms with Gasteiger partial charge in [-0.15, -0.1) is 0 Å². The van der Waals surface area contributed by atoms with E-state index in [9.17, 15) is 0 Å². The Kier molecular flexibility index (Phi) is 4.07. The first-order chi connectivity index (χ1) is 8.76. The molecule has 1 unspecified atom stereocenters. The van der Waals surface area contributed by atoms with Crippen LogP contribution < -0.4 is 5.73 Å². The fourth-order valence-corrected chi connectivity index (χ4v) is 1.76. The van der Waals surface area contributed by atoms with Crippen LogP contribution in [0.25, 0.3) is 0 Å². The van der Waals surface area contributed by atoms with E-state index in [0.29, 0.717) is 11.7 Å². The van der Waals surface area contributed by atoms with Gasteiger partial charge in [-0.2, -0.15) is 4.98 Å². The summed E-state index contributed by atoms with van der Waals surface area (Å²) in [6.45, 7) is 2.00. The number of hydrogen-bond acceptors (Lipinski definition) is 5. The van der Waals surface area contributed by atoms with Crippen LogP contribution in [-0.2, 0) is 4.74 Å². The van der Waals surface area contributed by atoms with Crippen molar-refractivity contribution in [1.29, 1.82) is 0 Å². The fraction of sp³-hybridized carbons (Fsp3) is 0.385. The average Bonchev–Trinajstić information content (AvgIpc) is 2.90. The number of hydrogen-bond donors (Lipinski definition) is 1. The van der Waals surface area contributed by atoms with E-state index in [1.807, 2.05) is 37.3 Å². The molecule has 2 aromatic rings. The smallest absolute Gasteiger partial charge is 0.248 e. The predicted molar refractivity (Wildman–Crippen MR) is 66.8 cm³/mol. The second-order valence-corrected chi connectivity index (χ2v) is 4.01. The molecular formula is C13H17N3O2. The molecule has 1 heterocycles. The zero-order valence-corrected chi connectivity index (χ0v) is 10.5. The zero-order valence-electron chi connectivity index (χ0n) is 10.5. The maximum Gasteiger partial charge on any atom is 0.248 e. The zero-order chi connectivity index (χ0) is 13.0. The Balaban J connectivity index is 2.20. The molecule has 0 saturated heterocycles. The number of benzene rings is 1. The summed E-state index contributed by atoms with van der Waals surface area (Å²) in [5, 5.41) is 3.91. The van der Waals surface area contributed by atoms with Crippen molar-refractivity contribution < 1.29 is 9.26 Å². The van der Waals surface area contributed by atoms with Gasteiger partial charge in [0, 0.05) is 7.11 Å². The molecule has 1 aromatic heterocycles. The molecule has 5 nitrogen and oxygen atoms in total. The molecule has 2 atom stereocenters. The van der Waals surface area contributed by atoms with Crippen LogP contribution in [0.4, 0.5) is 0 Å². The highest BCUT2D eigenvalue weighted by atomic mass is 16.5. The van der Waals surface area contributed by atoms with Crippen LogP contribution in [0.2, 0.25) is 0 Å². The second-order valence-electron chi connectivity index (χ2n) is 4.01. The van der Waals surface area contributed by atoms with Crippen LogP contribution in [0.3, 0.4) is 0 Å². The van der Waals surface area contributed by atoms with E-state index in [2.05, 4.69) is 10.1 Å². The third-order valence-electron chi connectivity index (χ3n) is 2.83. The number of rotatable bonds is 5. The van der Waals surface area contributed by atoms with E-state index >= 15 is 0 Å². The Hall–Kier alpha value is -1.72. The minimum atomic E-state index is -0.401. The molecule has 0 aliphatic carbocycles. The third kappa shape index (κ3) is 2.57. The van der Waals surface area contributed by atoms with Crippen LogP contribution in [0.5, 0.6) is 0 Å². The minimum absolute atomic E-state index is 0.148. The van der Waals surface area contributed by atoms with Gasteiger partial charge in [-0.05, 0) is 12.0 Å². The molecule has 1 aromatic carbocycles. The Morgan fingerprint density at radius 2 is 2.06 bits per heavy atom. The Labute approximate surface area is 106 Å². The van der Waals surface area contributed by atoms with Crippen molar-refractivity contribution >= 4 is 0 Å². The molecular weight excluding hydrogens is 230 g/mol. The van der Waals surface area contributed by atoms with Crippen molar-refractivity contribution in [3.63, 3.8) is 0 Å². The number of nitrogens with two attached hydrogens (primary N) is 1. The van der Waals surface area contributed by atoms with Crippen molar-refractivity contribution in [3.8, 4) is 0 Å². The molecule has 0 bridgehead atoms. The predicted octanol–water partition coefficient (Wildman–Crippen LogP) is 2.22. The molecule has 2 rings (SSSR count). The Bertz CT molecular complexity index is 480. The highest BCUT2D eigenvalue weighted by Crippen LogP contribution is 2.21. The fourth-order valence-electron chi connectivity index (χ4n) is 1.76. The number of nitrogens with zero attached hydrogens (tertiary/aromatic N) is 2. The van der Waals surface area contributed by atoms with Crippen LogP contribution in [0.15, 0.2) is 34.9 Å². The summed E-state index contributed by atoms with van der Waals surface area (Å²) < 4.78 is 10.5. The molecule has 2 N–H and O–H groups in total. The van der Waals surface area contributed by atoms with Gasteiger partial charge in [-0.1, -0.05) is 42.4 Å². The van der Waals surface area contributed by atoms with E-state index in [1.54, 1.807) is 7.11 Å². The minimum Gasteiger partial charge on any atom is -0.373 e. The second kappa shape index (κ2) is 5.75. The van der Waals surface area contributed by atoms with E-state index in [-0.39, 0.29) is 6.10 Å². The van der Waals surface area contributed by atoms with Crippen molar-refractivity contribution in [1.82, 2.24) is 10.1 Å². The first-order valence-corrected chi connectivity index (χ1v) is 5.93. The molecule has 0 fully saturated rings. The Morgan fingerprint density at radius 3 is 2.67 bits per heavy atom. The lowest BCUT2D eigenvalue weighted by atomic mass is 10.1. The van der Waals surface area contributed by atoms with Crippen molar-refractivity contribution in [2.45, 2.75) is 25.5 Å². The topological polar surface area (TPSA) is 74.2 Å². The summed E-state index contributed by atoms with van der Waals surface area (Å²) >= 11 is 0. The highest BCUT2D eigenvalue weighted by Gasteiger charge is 2.20. The van der Waals surface area contributed by atoms with Gasteiger partial charge in [0.15, 0.2) is 0 Å². The van der Waals surface area contributed by atoms with Gasteiger partial charge in [0.25, 0.3) is 0 Å². The van der Waals surface area contributed by atoms with E-state index in [1.165, 1.54) is 0 Å². The highest BCUT2D eigenvalue weighted by molar-refractivity contribution is 5.23. The third-order valence-corrected chi connectivity index (χ3v) is 2.83. The van der Waals surface area contributed by atoms with Crippen molar-refractivity contribution in [3.05, 3.63) is 47.6 Å². The van der Waals surface area contributed by atoms with Crippen molar-refractivity contribution in [2.75, 3.05) is 7.11 Å². The van der Waals surface area contributed by atoms with Crippen molar-refractivity contribution in [2.24, 2.45) is 5.73 Å². The maximum atomic E-state index is 6.08. The molecule has 0 amide bonds. The largest absolute Gasteiger partial charge is 0.373 e. The first-order valence-electron chi connectivity index (χ1n) is 5.93. The van der Waals surface area contributed by atoms with Gasteiger partial charge in [0.1, 0.15) is 12.1 Å². The summed E-state index contributed by atoms with van der Waals surface area (Å²) in [7, 11) is 1.63. The quantitative estimate of drug-likeness (QED) is 0.876. The molecule has 5 heteroatoms. The van der Waals surface area contributed by atoms with Crippen LogP contribution in [-0.4, -0.2) is 17.3 Å². The number of aromatic nitrogens is 2. The summed E-state index contributed by atoms with van der Waals surface area (Å²) in [5.74, 6) is 0.952. The molecule has 18 heavy (non-hydrogen) atoms. The van der Waals surface area contributed by atoms with Gasteiger partial charge < -0.3 is 15.0 Å². The van der Waals surface area contributed by atoms with Gasteiger partial charge in [0.2, 0.25) is 11.7 Å². The van der Waals surface area contributed by atoms with E-state index < -0.39 is 6.04 Å². The first kappa shape index (κ1) is 12.7. The molecule has 0 aliphatic rings. The van der Waals surface area contributed by atoms with Gasteiger partial charge in [-0.25, -0.2) is 0 Å². The SMILES string of the molecule is CCC(OC)c1noc([C@H](N)c2ccccc2)n1. The van der Waals surface area contributed by atoms with E-state index in [0.717, 1.165) is 12.0 Å². The molecule has 96 valence electrons.